The summed E-state index contributed by atoms with van der Waals surface area (Å²) in [5.41, 5.74) is 1.73. The van der Waals surface area contributed by atoms with Crippen LogP contribution in [0.25, 0.3) is 5.65 Å². The Balaban J connectivity index is 2.82. The molecule has 4 heteroatoms. The van der Waals surface area contributed by atoms with E-state index >= 15 is 0 Å². The van der Waals surface area contributed by atoms with Crippen LogP contribution in [0.5, 0.6) is 0 Å². The first-order chi connectivity index (χ1) is 5.25. The Bertz CT molecular complexity index is 393. The molecule has 2 aromatic rings. The monoisotopic (exact) mass is 167 g/mol. The number of hydrogen-bond acceptors (Lipinski definition) is 2. The molecule has 2 aromatic heterocycles. The number of halogens is 1. The van der Waals surface area contributed by atoms with E-state index in [1.807, 2.05) is 19.1 Å². The first-order valence-electron chi connectivity index (χ1n) is 3.24. The zero-order chi connectivity index (χ0) is 7.84. The van der Waals surface area contributed by atoms with E-state index in [1.54, 1.807) is 10.7 Å². The Hall–Kier alpha value is -1.09. The van der Waals surface area contributed by atoms with Crippen LogP contribution in [0.2, 0.25) is 5.15 Å². The van der Waals surface area contributed by atoms with Gasteiger partial charge in [-0.1, -0.05) is 11.6 Å². The van der Waals surface area contributed by atoms with Crippen LogP contribution in [0.3, 0.4) is 0 Å². The van der Waals surface area contributed by atoms with Crippen LogP contribution in [0.1, 0.15) is 5.69 Å². The zero-order valence-electron chi connectivity index (χ0n) is 5.95. The van der Waals surface area contributed by atoms with Gasteiger partial charge in [-0.2, -0.15) is 5.10 Å². The lowest BCUT2D eigenvalue weighted by atomic mass is 10.4. The highest BCUT2D eigenvalue weighted by molar-refractivity contribution is 6.29. The summed E-state index contributed by atoms with van der Waals surface area (Å²) in [4.78, 5) is 4.02. The molecule has 0 aliphatic rings. The van der Waals surface area contributed by atoms with Gasteiger partial charge in [0.1, 0.15) is 5.15 Å². The molecule has 3 nitrogen and oxygen atoms in total. The normalized spacial score (nSPS) is 10.7. The highest BCUT2D eigenvalue weighted by Crippen LogP contribution is 2.07. The number of hydrogen-bond donors (Lipinski definition) is 0. The lowest BCUT2D eigenvalue weighted by molar-refractivity contribution is 0.901. The average Bonchev–Trinajstić information content (AvgIpc) is 2.27. The molecule has 0 unspecified atom stereocenters. The van der Waals surface area contributed by atoms with Crippen molar-refractivity contribution in [2.75, 3.05) is 0 Å². The maximum atomic E-state index is 5.66. The second-order valence-corrected chi connectivity index (χ2v) is 2.73. The van der Waals surface area contributed by atoms with Gasteiger partial charge in [0.25, 0.3) is 0 Å². The molecule has 0 atom stereocenters. The third kappa shape index (κ3) is 1.07. The molecule has 0 saturated carbocycles. The molecular weight excluding hydrogens is 162 g/mol. The van der Waals surface area contributed by atoms with Gasteiger partial charge in [0, 0.05) is 0 Å². The van der Waals surface area contributed by atoms with E-state index < -0.39 is 0 Å². The average molecular weight is 168 g/mol. The van der Waals surface area contributed by atoms with Crippen molar-refractivity contribution in [3.05, 3.63) is 29.2 Å². The molecule has 0 N–H and O–H groups in total. The Labute approximate surface area is 68.6 Å². The molecule has 0 spiro atoms. The third-order valence-corrected chi connectivity index (χ3v) is 1.61. The minimum absolute atomic E-state index is 0.475. The van der Waals surface area contributed by atoms with E-state index in [0.29, 0.717) is 5.15 Å². The van der Waals surface area contributed by atoms with Gasteiger partial charge in [0.05, 0.1) is 11.9 Å². The summed E-state index contributed by atoms with van der Waals surface area (Å²) in [6.07, 6.45) is 1.68. The van der Waals surface area contributed by atoms with Gasteiger partial charge in [-0.25, -0.2) is 9.50 Å². The predicted molar refractivity (Wildman–Crippen MR) is 42.7 cm³/mol. The number of aromatic nitrogens is 3. The minimum atomic E-state index is 0.475. The molecule has 0 amide bonds. The minimum Gasteiger partial charge on any atom is -0.219 e. The van der Waals surface area contributed by atoms with Crippen LogP contribution in [0.15, 0.2) is 18.3 Å². The molecule has 2 rings (SSSR count). The molecule has 0 radical (unpaired) electrons. The third-order valence-electron chi connectivity index (χ3n) is 1.42. The van der Waals surface area contributed by atoms with Crippen LogP contribution >= 0.6 is 11.6 Å². The lowest BCUT2D eigenvalue weighted by Gasteiger charge is -1.91. The van der Waals surface area contributed by atoms with Crippen molar-refractivity contribution in [2.24, 2.45) is 0 Å². The molecule has 0 saturated heterocycles. The summed E-state index contributed by atoms with van der Waals surface area (Å²) in [5.74, 6) is 0. The first kappa shape index (κ1) is 6.61. The van der Waals surface area contributed by atoms with E-state index in [9.17, 15) is 0 Å². The Morgan fingerprint density at radius 1 is 1.45 bits per heavy atom. The second-order valence-electron chi connectivity index (χ2n) is 2.34. The van der Waals surface area contributed by atoms with E-state index in [-0.39, 0.29) is 0 Å². The molecule has 2 heterocycles. The van der Waals surface area contributed by atoms with E-state index in [4.69, 9.17) is 11.6 Å². The van der Waals surface area contributed by atoms with Crippen molar-refractivity contribution < 1.29 is 0 Å². The fourth-order valence-corrected chi connectivity index (χ4v) is 1.13. The van der Waals surface area contributed by atoms with Gasteiger partial charge < -0.3 is 0 Å². The fourth-order valence-electron chi connectivity index (χ4n) is 0.949. The summed E-state index contributed by atoms with van der Waals surface area (Å²) in [7, 11) is 0. The molecule has 11 heavy (non-hydrogen) atoms. The largest absolute Gasteiger partial charge is 0.219 e. The predicted octanol–water partition coefficient (Wildman–Crippen LogP) is 1.69. The topological polar surface area (TPSA) is 30.2 Å². The van der Waals surface area contributed by atoms with Gasteiger partial charge >= 0.3 is 0 Å². The highest BCUT2D eigenvalue weighted by Gasteiger charge is 1.97. The van der Waals surface area contributed by atoms with Crippen molar-refractivity contribution in [1.29, 1.82) is 0 Å². The Morgan fingerprint density at radius 2 is 2.27 bits per heavy atom. The number of fused-ring (bicyclic) bond motifs is 1. The maximum Gasteiger partial charge on any atom is 0.155 e. The van der Waals surface area contributed by atoms with Gasteiger partial charge in [0.15, 0.2) is 5.65 Å². The molecule has 0 aromatic carbocycles. The summed E-state index contributed by atoms with van der Waals surface area (Å²) in [5, 5.41) is 4.64. The summed E-state index contributed by atoms with van der Waals surface area (Å²) in [6.45, 7) is 1.92. The first-order valence-corrected chi connectivity index (χ1v) is 3.62. The molecule has 0 aliphatic heterocycles. The van der Waals surface area contributed by atoms with Crippen molar-refractivity contribution in [3.8, 4) is 0 Å². The number of rotatable bonds is 0. The van der Waals surface area contributed by atoms with Crippen molar-refractivity contribution >= 4 is 17.2 Å². The SMILES string of the molecule is Cc1ccc2nc(Cl)cn2n1. The molecule has 0 fully saturated rings. The van der Waals surface area contributed by atoms with Crippen LogP contribution in [-0.2, 0) is 0 Å². The van der Waals surface area contributed by atoms with Crippen LogP contribution < -0.4 is 0 Å². The van der Waals surface area contributed by atoms with E-state index in [0.717, 1.165) is 11.3 Å². The molecular formula is C7H6ClN3. The zero-order valence-corrected chi connectivity index (χ0v) is 6.71. The van der Waals surface area contributed by atoms with E-state index in [1.165, 1.54) is 0 Å². The van der Waals surface area contributed by atoms with Gasteiger partial charge in [-0.15, -0.1) is 0 Å². The van der Waals surface area contributed by atoms with Gasteiger partial charge in [-0.3, -0.25) is 0 Å². The van der Waals surface area contributed by atoms with Crippen molar-refractivity contribution in [3.63, 3.8) is 0 Å². The molecule has 0 aliphatic carbocycles. The summed E-state index contributed by atoms with van der Waals surface area (Å²) < 4.78 is 1.66. The Kier molecular flexibility index (Phi) is 1.32. The standard InChI is InChI=1S/C7H6ClN3/c1-5-2-3-7-9-6(8)4-11(7)10-5/h2-4H,1H3. The quantitative estimate of drug-likeness (QED) is 0.598. The molecule has 0 bridgehead atoms. The van der Waals surface area contributed by atoms with Crippen molar-refractivity contribution in [2.45, 2.75) is 6.92 Å². The highest BCUT2D eigenvalue weighted by atomic mass is 35.5. The molecule has 56 valence electrons. The smallest absolute Gasteiger partial charge is 0.155 e. The van der Waals surface area contributed by atoms with Gasteiger partial charge in [0.2, 0.25) is 0 Å². The Morgan fingerprint density at radius 3 is 3.09 bits per heavy atom. The maximum absolute atomic E-state index is 5.66. The number of aryl methyl sites for hydroxylation is 1. The van der Waals surface area contributed by atoms with Crippen LogP contribution in [0.4, 0.5) is 0 Å². The number of nitrogens with zero attached hydrogens (tertiary/aromatic N) is 3. The lowest BCUT2D eigenvalue weighted by Crippen LogP contribution is -1.91. The summed E-state index contributed by atoms with van der Waals surface area (Å²) >= 11 is 5.66. The fraction of sp³-hybridized carbons (Fsp3) is 0.143. The van der Waals surface area contributed by atoms with E-state index in [2.05, 4.69) is 10.1 Å². The van der Waals surface area contributed by atoms with Gasteiger partial charge in [-0.05, 0) is 19.1 Å². The van der Waals surface area contributed by atoms with Crippen LogP contribution in [-0.4, -0.2) is 14.6 Å². The second kappa shape index (κ2) is 2.20. The summed E-state index contributed by atoms with van der Waals surface area (Å²) in [6, 6.07) is 3.78. The van der Waals surface area contributed by atoms with Crippen LogP contribution in [0, 0.1) is 6.92 Å². The number of imidazole rings is 1. The van der Waals surface area contributed by atoms with Crippen molar-refractivity contribution in [1.82, 2.24) is 14.6 Å².